The van der Waals surface area contributed by atoms with Crippen molar-refractivity contribution < 1.29 is 4.79 Å². The maximum Gasteiger partial charge on any atom is 0.272 e. The number of hydrogen-bond acceptors (Lipinski definition) is 2. The summed E-state index contributed by atoms with van der Waals surface area (Å²) in [6.45, 7) is 1.83. The third-order valence-electron chi connectivity index (χ3n) is 6.52. The van der Waals surface area contributed by atoms with E-state index in [1.54, 1.807) is 0 Å². The van der Waals surface area contributed by atoms with E-state index in [2.05, 4.69) is 11.0 Å². The van der Waals surface area contributed by atoms with Crippen molar-refractivity contribution in [3.8, 4) is 5.69 Å². The van der Waals surface area contributed by atoms with Crippen LogP contribution >= 0.6 is 0 Å². The molecule has 2 heterocycles. The van der Waals surface area contributed by atoms with Crippen LogP contribution in [0.25, 0.3) is 5.69 Å². The zero-order valence-electron chi connectivity index (χ0n) is 15.3. The number of carbonyl (C=O) groups is 1. The highest BCUT2D eigenvalue weighted by atomic mass is 16.2. The molecule has 0 radical (unpaired) electrons. The molecule has 2 atom stereocenters. The smallest absolute Gasteiger partial charge is 0.272 e. The molecule has 2 aliphatic carbocycles. The second-order valence-electron chi connectivity index (χ2n) is 8.32. The first-order valence-electron chi connectivity index (χ1n) is 10.2. The van der Waals surface area contributed by atoms with Gasteiger partial charge in [-0.1, -0.05) is 37.5 Å². The molecule has 2 aromatic rings. The summed E-state index contributed by atoms with van der Waals surface area (Å²) in [4.78, 5) is 15.5. The number of para-hydroxylation sites is 1. The molecule has 1 saturated heterocycles. The molecule has 3 fully saturated rings. The number of carbonyl (C=O) groups excluding carboxylic acids is 1. The van der Waals surface area contributed by atoms with Gasteiger partial charge in [0.2, 0.25) is 0 Å². The minimum absolute atomic E-state index is 0.164. The van der Waals surface area contributed by atoms with Crippen LogP contribution in [0.15, 0.2) is 36.4 Å². The fraction of sp³-hybridized carbons (Fsp3) is 0.545. The Labute approximate surface area is 155 Å². The SMILES string of the molecule is O=C(c1cc(C2CC2)nn1-c1ccccc1)N1CC[C@H]2CCCC[C@H]2C1. The summed E-state index contributed by atoms with van der Waals surface area (Å²) in [7, 11) is 0. The van der Waals surface area contributed by atoms with E-state index in [9.17, 15) is 4.79 Å². The molecule has 1 amide bonds. The predicted molar refractivity (Wildman–Crippen MR) is 102 cm³/mol. The molecular weight excluding hydrogens is 322 g/mol. The van der Waals surface area contributed by atoms with E-state index in [0.29, 0.717) is 11.8 Å². The molecular formula is C22H27N3O. The predicted octanol–water partition coefficient (Wildman–Crippen LogP) is 4.40. The van der Waals surface area contributed by atoms with Gasteiger partial charge in [-0.05, 0) is 55.7 Å². The Morgan fingerprint density at radius 1 is 0.962 bits per heavy atom. The summed E-state index contributed by atoms with van der Waals surface area (Å²) < 4.78 is 1.88. The molecule has 1 aliphatic heterocycles. The quantitative estimate of drug-likeness (QED) is 0.823. The largest absolute Gasteiger partial charge is 0.337 e. The third-order valence-corrected chi connectivity index (χ3v) is 6.52. The number of fused-ring (bicyclic) bond motifs is 1. The van der Waals surface area contributed by atoms with Crippen molar-refractivity contribution in [1.82, 2.24) is 14.7 Å². The summed E-state index contributed by atoms with van der Waals surface area (Å²) in [5, 5.41) is 4.81. The molecule has 0 bridgehead atoms. The number of nitrogens with zero attached hydrogens (tertiary/aromatic N) is 3. The van der Waals surface area contributed by atoms with Crippen LogP contribution in [-0.4, -0.2) is 33.7 Å². The number of benzene rings is 1. The summed E-state index contributed by atoms with van der Waals surface area (Å²) >= 11 is 0. The van der Waals surface area contributed by atoms with E-state index >= 15 is 0 Å². The van der Waals surface area contributed by atoms with Gasteiger partial charge in [0.05, 0.1) is 11.4 Å². The van der Waals surface area contributed by atoms with Gasteiger partial charge in [0.15, 0.2) is 0 Å². The second kappa shape index (κ2) is 6.57. The summed E-state index contributed by atoms with van der Waals surface area (Å²) in [6.07, 6.45) is 8.93. The highest BCUT2D eigenvalue weighted by molar-refractivity contribution is 5.93. The third kappa shape index (κ3) is 2.95. The lowest BCUT2D eigenvalue weighted by molar-refractivity contribution is 0.0512. The number of aromatic nitrogens is 2. The zero-order chi connectivity index (χ0) is 17.5. The lowest BCUT2D eigenvalue weighted by Crippen LogP contribution is -2.45. The molecule has 26 heavy (non-hydrogen) atoms. The van der Waals surface area contributed by atoms with Gasteiger partial charge in [-0.15, -0.1) is 0 Å². The first-order chi connectivity index (χ1) is 12.8. The fourth-order valence-corrected chi connectivity index (χ4v) is 4.84. The second-order valence-corrected chi connectivity index (χ2v) is 8.32. The molecule has 1 aromatic carbocycles. The van der Waals surface area contributed by atoms with Gasteiger partial charge >= 0.3 is 0 Å². The number of likely N-dealkylation sites (tertiary alicyclic amines) is 1. The number of hydrogen-bond donors (Lipinski definition) is 0. The Kier molecular flexibility index (Phi) is 4.07. The highest BCUT2D eigenvalue weighted by Gasteiger charge is 2.35. The van der Waals surface area contributed by atoms with Gasteiger partial charge in [-0.25, -0.2) is 4.68 Å². The molecule has 3 aliphatic rings. The van der Waals surface area contributed by atoms with E-state index in [4.69, 9.17) is 5.10 Å². The van der Waals surface area contributed by atoms with Gasteiger partial charge in [0.1, 0.15) is 5.69 Å². The van der Waals surface area contributed by atoms with Crippen LogP contribution in [0.5, 0.6) is 0 Å². The molecule has 5 rings (SSSR count). The Morgan fingerprint density at radius 3 is 2.50 bits per heavy atom. The Hall–Kier alpha value is -2.10. The van der Waals surface area contributed by atoms with E-state index in [1.165, 1.54) is 44.9 Å². The van der Waals surface area contributed by atoms with Crippen molar-refractivity contribution in [3.05, 3.63) is 47.8 Å². The Morgan fingerprint density at radius 2 is 1.73 bits per heavy atom. The van der Waals surface area contributed by atoms with Gasteiger partial charge in [0, 0.05) is 19.0 Å². The fourth-order valence-electron chi connectivity index (χ4n) is 4.84. The van der Waals surface area contributed by atoms with Gasteiger partial charge < -0.3 is 4.90 Å². The van der Waals surface area contributed by atoms with E-state index in [-0.39, 0.29) is 5.91 Å². The highest BCUT2D eigenvalue weighted by Crippen LogP contribution is 2.40. The van der Waals surface area contributed by atoms with Crippen molar-refractivity contribution in [1.29, 1.82) is 0 Å². The minimum Gasteiger partial charge on any atom is -0.337 e. The molecule has 4 nitrogen and oxygen atoms in total. The zero-order valence-corrected chi connectivity index (χ0v) is 15.3. The molecule has 136 valence electrons. The molecule has 2 saturated carbocycles. The Bertz CT molecular complexity index is 793. The normalized spacial score (nSPS) is 25.8. The maximum absolute atomic E-state index is 13.4. The number of amides is 1. The van der Waals surface area contributed by atoms with Crippen molar-refractivity contribution in [2.75, 3.05) is 13.1 Å². The number of piperidine rings is 1. The van der Waals surface area contributed by atoms with Crippen LogP contribution in [0.4, 0.5) is 0 Å². The molecule has 0 spiro atoms. The van der Waals surface area contributed by atoms with E-state index in [0.717, 1.165) is 36.1 Å². The minimum atomic E-state index is 0.164. The van der Waals surface area contributed by atoms with Crippen molar-refractivity contribution >= 4 is 5.91 Å². The van der Waals surface area contributed by atoms with Crippen LogP contribution in [0.2, 0.25) is 0 Å². The van der Waals surface area contributed by atoms with Gasteiger partial charge in [0.25, 0.3) is 5.91 Å². The first-order valence-corrected chi connectivity index (χ1v) is 10.2. The van der Waals surface area contributed by atoms with Crippen LogP contribution in [-0.2, 0) is 0 Å². The van der Waals surface area contributed by atoms with Crippen molar-refractivity contribution in [3.63, 3.8) is 0 Å². The van der Waals surface area contributed by atoms with Crippen LogP contribution < -0.4 is 0 Å². The van der Waals surface area contributed by atoms with Crippen molar-refractivity contribution in [2.24, 2.45) is 11.8 Å². The monoisotopic (exact) mass is 349 g/mol. The molecule has 4 heteroatoms. The first kappa shape index (κ1) is 16.1. The lowest BCUT2D eigenvalue weighted by atomic mass is 9.75. The summed E-state index contributed by atoms with van der Waals surface area (Å²) in [6, 6.07) is 12.1. The molecule has 1 aromatic heterocycles. The van der Waals surface area contributed by atoms with Crippen LogP contribution in [0.1, 0.15) is 67.0 Å². The molecule has 0 N–H and O–H groups in total. The van der Waals surface area contributed by atoms with E-state index < -0.39 is 0 Å². The number of rotatable bonds is 3. The lowest BCUT2D eigenvalue weighted by Gasteiger charge is -2.41. The van der Waals surface area contributed by atoms with Crippen LogP contribution in [0.3, 0.4) is 0 Å². The van der Waals surface area contributed by atoms with Crippen LogP contribution in [0, 0.1) is 11.8 Å². The van der Waals surface area contributed by atoms with E-state index in [1.807, 2.05) is 35.0 Å². The average molecular weight is 349 g/mol. The Balaban J connectivity index is 1.44. The maximum atomic E-state index is 13.4. The average Bonchev–Trinajstić information content (AvgIpc) is 3.46. The topological polar surface area (TPSA) is 38.1 Å². The van der Waals surface area contributed by atoms with Crippen molar-refractivity contribution in [2.45, 2.75) is 50.9 Å². The summed E-state index contributed by atoms with van der Waals surface area (Å²) in [5.41, 5.74) is 2.81. The summed E-state index contributed by atoms with van der Waals surface area (Å²) in [5.74, 6) is 2.26. The van der Waals surface area contributed by atoms with Gasteiger partial charge in [-0.3, -0.25) is 4.79 Å². The molecule has 0 unspecified atom stereocenters. The standard InChI is InChI=1S/C22H27N3O/c26-22(24-13-12-16-6-4-5-7-18(16)15-24)21-14-20(17-10-11-17)23-25(21)19-8-2-1-3-9-19/h1-3,8-9,14,16-18H,4-7,10-13,15H2/t16-,18+/m1/s1. The van der Waals surface area contributed by atoms with Gasteiger partial charge in [-0.2, -0.15) is 5.10 Å².